The predicted molar refractivity (Wildman–Crippen MR) is 72.7 cm³/mol. The van der Waals surface area contributed by atoms with E-state index in [0.717, 1.165) is 0 Å². The van der Waals surface area contributed by atoms with Crippen molar-refractivity contribution in [2.24, 2.45) is 0 Å². The number of H-pyrrole nitrogens is 1. The Morgan fingerprint density at radius 1 is 1.42 bits per heavy atom. The minimum atomic E-state index is -0.518. The zero-order valence-corrected chi connectivity index (χ0v) is 11.6. The van der Waals surface area contributed by atoms with Gasteiger partial charge in [-0.05, 0) is 13.8 Å². The second-order valence-electron chi connectivity index (χ2n) is 4.71. The van der Waals surface area contributed by atoms with Gasteiger partial charge in [0.25, 0.3) is 11.6 Å². The van der Waals surface area contributed by atoms with E-state index in [2.05, 4.69) is 10.3 Å². The first-order chi connectivity index (χ1) is 8.47. The summed E-state index contributed by atoms with van der Waals surface area (Å²) in [6.07, 6.45) is 1.24. The zero-order chi connectivity index (χ0) is 13.3. The number of hydrogen-bond acceptors (Lipinski definition) is 4. The third kappa shape index (κ3) is 3.45. The van der Waals surface area contributed by atoms with E-state index in [4.69, 9.17) is 0 Å². The third-order valence-electron chi connectivity index (χ3n) is 2.95. The highest BCUT2D eigenvalue weighted by molar-refractivity contribution is 5.93. The molecule has 2 unspecified atom stereocenters. The van der Waals surface area contributed by atoms with Crippen molar-refractivity contribution in [2.45, 2.75) is 25.9 Å². The molecule has 1 fully saturated rings. The summed E-state index contributed by atoms with van der Waals surface area (Å²) in [5.74, 6) is -0.191. The normalized spacial score (nSPS) is 22.7. The number of carbonyl (C=O) groups is 1. The molecule has 1 aromatic rings. The second kappa shape index (κ2) is 6.03. The van der Waals surface area contributed by atoms with Crippen molar-refractivity contribution in [3.05, 3.63) is 28.1 Å². The van der Waals surface area contributed by atoms with Gasteiger partial charge < -0.3 is 15.2 Å². The Labute approximate surface area is 116 Å². The van der Waals surface area contributed by atoms with Crippen LogP contribution >= 0.6 is 12.4 Å². The summed E-state index contributed by atoms with van der Waals surface area (Å²) in [6, 6.07) is 1.73. The number of nitrogens with one attached hydrogen (secondary N) is 2. The number of amides is 1. The molecule has 8 heteroatoms. The molecule has 2 atom stereocenters. The van der Waals surface area contributed by atoms with Gasteiger partial charge in [-0.25, -0.2) is 0 Å². The third-order valence-corrected chi connectivity index (χ3v) is 2.95. The monoisotopic (exact) mass is 288 g/mol. The highest BCUT2D eigenvalue weighted by Crippen LogP contribution is 2.15. The smallest absolute Gasteiger partial charge is 0.287 e. The molecule has 0 aliphatic carbocycles. The summed E-state index contributed by atoms with van der Waals surface area (Å²) in [6.45, 7) is 5.23. The number of nitrogens with zero attached hydrogens (tertiary/aromatic N) is 2. The first-order valence-corrected chi connectivity index (χ1v) is 5.85. The summed E-state index contributed by atoms with van der Waals surface area (Å²) in [5, 5.41) is 13.9. The Bertz CT molecular complexity index is 466. The van der Waals surface area contributed by atoms with E-state index >= 15 is 0 Å². The first-order valence-electron chi connectivity index (χ1n) is 5.85. The number of hydrogen-bond donors (Lipinski definition) is 2. The van der Waals surface area contributed by atoms with Crippen LogP contribution in [0, 0.1) is 10.1 Å². The van der Waals surface area contributed by atoms with E-state index in [-0.39, 0.29) is 41.8 Å². The van der Waals surface area contributed by atoms with Gasteiger partial charge >= 0.3 is 0 Å². The van der Waals surface area contributed by atoms with Crippen molar-refractivity contribution in [2.75, 3.05) is 13.1 Å². The van der Waals surface area contributed by atoms with Crippen LogP contribution in [0.15, 0.2) is 12.3 Å². The standard InChI is InChI=1S/C11H16N4O3.ClH/c1-7-5-14(6-8(2)13-7)11(16)10-3-9(4-12-10)15(17)18;/h3-4,7-8,12-13H,5-6H2,1-2H3;1H. The van der Waals surface area contributed by atoms with E-state index < -0.39 is 4.92 Å². The van der Waals surface area contributed by atoms with Gasteiger partial charge in [0, 0.05) is 31.2 Å². The van der Waals surface area contributed by atoms with E-state index in [9.17, 15) is 14.9 Å². The molecule has 1 amide bonds. The molecular weight excluding hydrogens is 272 g/mol. The van der Waals surface area contributed by atoms with Crippen LogP contribution in [0.1, 0.15) is 24.3 Å². The minimum Gasteiger partial charge on any atom is -0.351 e. The number of piperazine rings is 1. The Kier molecular flexibility index (Phi) is 4.90. The largest absolute Gasteiger partial charge is 0.351 e. The van der Waals surface area contributed by atoms with Crippen LogP contribution in [0.4, 0.5) is 5.69 Å². The van der Waals surface area contributed by atoms with E-state index in [0.29, 0.717) is 13.1 Å². The Balaban J connectivity index is 0.00000180. The molecule has 1 aliphatic rings. The molecular formula is C11H17ClN4O3. The lowest BCUT2D eigenvalue weighted by Gasteiger charge is -2.35. The van der Waals surface area contributed by atoms with Gasteiger partial charge in [-0.2, -0.15) is 0 Å². The number of aromatic nitrogens is 1. The van der Waals surface area contributed by atoms with Crippen LogP contribution in [-0.2, 0) is 0 Å². The maximum atomic E-state index is 12.2. The quantitative estimate of drug-likeness (QED) is 0.631. The van der Waals surface area contributed by atoms with Crippen LogP contribution in [0.25, 0.3) is 0 Å². The van der Waals surface area contributed by atoms with E-state index in [1.165, 1.54) is 12.3 Å². The highest BCUT2D eigenvalue weighted by Gasteiger charge is 2.27. The summed E-state index contributed by atoms with van der Waals surface area (Å²) in [4.78, 5) is 26.6. The van der Waals surface area contributed by atoms with Gasteiger partial charge in [0.05, 0.1) is 11.1 Å². The fraction of sp³-hybridized carbons (Fsp3) is 0.545. The van der Waals surface area contributed by atoms with Crippen molar-refractivity contribution in [3.63, 3.8) is 0 Å². The first kappa shape index (κ1) is 15.5. The summed E-state index contributed by atoms with van der Waals surface area (Å²) >= 11 is 0. The second-order valence-corrected chi connectivity index (χ2v) is 4.71. The van der Waals surface area contributed by atoms with Gasteiger partial charge in [0.2, 0.25) is 0 Å². The van der Waals surface area contributed by atoms with Gasteiger partial charge in [-0.15, -0.1) is 12.4 Å². The van der Waals surface area contributed by atoms with E-state index in [1.54, 1.807) is 4.90 Å². The van der Waals surface area contributed by atoms with Crippen molar-refractivity contribution >= 4 is 24.0 Å². The molecule has 0 spiro atoms. The summed E-state index contributed by atoms with van der Waals surface area (Å²) in [7, 11) is 0. The lowest BCUT2D eigenvalue weighted by Crippen LogP contribution is -2.55. The van der Waals surface area contributed by atoms with Crippen molar-refractivity contribution < 1.29 is 9.72 Å². The molecule has 1 aromatic heterocycles. The van der Waals surface area contributed by atoms with Crippen LogP contribution in [0.3, 0.4) is 0 Å². The average molecular weight is 289 g/mol. The lowest BCUT2D eigenvalue weighted by molar-refractivity contribution is -0.384. The highest BCUT2D eigenvalue weighted by atomic mass is 35.5. The summed E-state index contributed by atoms with van der Waals surface area (Å²) in [5.41, 5.74) is 0.178. The van der Waals surface area contributed by atoms with Gasteiger partial charge in [0.15, 0.2) is 0 Å². The van der Waals surface area contributed by atoms with Crippen LogP contribution in [0.2, 0.25) is 0 Å². The van der Waals surface area contributed by atoms with Crippen molar-refractivity contribution in [1.82, 2.24) is 15.2 Å². The summed E-state index contributed by atoms with van der Waals surface area (Å²) < 4.78 is 0. The fourth-order valence-electron chi connectivity index (χ4n) is 2.27. The molecule has 0 aromatic carbocycles. The van der Waals surface area contributed by atoms with Crippen molar-refractivity contribution in [1.29, 1.82) is 0 Å². The predicted octanol–water partition coefficient (Wildman–Crippen LogP) is 1.17. The Hall–Kier alpha value is -1.60. The number of halogens is 1. The van der Waals surface area contributed by atoms with Crippen molar-refractivity contribution in [3.8, 4) is 0 Å². The minimum absolute atomic E-state index is 0. The molecule has 0 radical (unpaired) electrons. The molecule has 2 heterocycles. The van der Waals surface area contributed by atoms with E-state index in [1.807, 2.05) is 13.8 Å². The van der Waals surface area contributed by atoms with Gasteiger partial charge in [0.1, 0.15) is 5.69 Å². The molecule has 1 aliphatic heterocycles. The van der Waals surface area contributed by atoms with Crippen LogP contribution in [-0.4, -0.2) is 45.9 Å². The van der Waals surface area contributed by atoms with Crippen LogP contribution < -0.4 is 5.32 Å². The molecule has 2 rings (SSSR count). The molecule has 0 saturated carbocycles. The topological polar surface area (TPSA) is 91.3 Å². The zero-order valence-electron chi connectivity index (χ0n) is 10.8. The maximum absolute atomic E-state index is 12.2. The SMILES string of the molecule is CC1CN(C(=O)c2cc([N+](=O)[O-])c[nH]2)CC(C)N1.Cl. The maximum Gasteiger partial charge on any atom is 0.287 e. The molecule has 19 heavy (non-hydrogen) atoms. The fourth-order valence-corrected chi connectivity index (χ4v) is 2.27. The number of aromatic amines is 1. The number of nitro groups is 1. The van der Waals surface area contributed by atoms with Crippen LogP contribution in [0.5, 0.6) is 0 Å². The number of rotatable bonds is 2. The molecule has 1 saturated heterocycles. The molecule has 106 valence electrons. The Morgan fingerprint density at radius 3 is 2.47 bits per heavy atom. The Morgan fingerprint density at radius 2 is 2.00 bits per heavy atom. The molecule has 0 bridgehead atoms. The van der Waals surface area contributed by atoms with Gasteiger partial charge in [-0.3, -0.25) is 14.9 Å². The average Bonchev–Trinajstić information content (AvgIpc) is 2.75. The molecule has 2 N–H and O–H groups in total. The molecule has 7 nitrogen and oxygen atoms in total. The van der Waals surface area contributed by atoms with Gasteiger partial charge in [-0.1, -0.05) is 0 Å². The number of carbonyl (C=O) groups excluding carboxylic acids is 1. The lowest BCUT2D eigenvalue weighted by atomic mass is 10.1.